The summed E-state index contributed by atoms with van der Waals surface area (Å²) in [6, 6.07) is 13.8. The van der Waals surface area contributed by atoms with E-state index in [0.717, 1.165) is 0 Å². The molecule has 0 aliphatic heterocycles. The van der Waals surface area contributed by atoms with E-state index in [-0.39, 0.29) is 31.4 Å². The summed E-state index contributed by atoms with van der Waals surface area (Å²) in [7, 11) is 0. The summed E-state index contributed by atoms with van der Waals surface area (Å²) >= 11 is 5.87. The molecule has 0 fully saturated rings. The Bertz CT molecular complexity index is 735. The molecule has 0 aliphatic carbocycles. The lowest BCUT2D eigenvalue weighted by molar-refractivity contribution is -0.123. The van der Waals surface area contributed by atoms with Crippen molar-refractivity contribution in [3.05, 3.63) is 53.6 Å². The van der Waals surface area contributed by atoms with E-state index in [9.17, 15) is 9.59 Å². The molecule has 0 atom stereocenters. The zero-order chi connectivity index (χ0) is 18.8. The number of anilines is 1. The van der Waals surface area contributed by atoms with Gasteiger partial charge in [0.25, 0.3) is 5.91 Å². The van der Waals surface area contributed by atoms with E-state index in [1.807, 2.05) is 6.92 Å². The number of hydrogen-bond donors (Lipinski definition) is 2. The third-order valence-electron chi connectivity index (χ3n) is 3.28. The number of carbonyl (C=O) groups excluding carboxylic acids is 2. The Morgan fingerprint density at radius 1 is 1.00 bits per heavy atom. The molecule has 7 heteroatoms. The lowest BCUT2D eigenvalue weighted by Gasteiger charge is -2.09. The Balaban J connectivity index is 1.72. The second-order valence-corrected chi connectivity index (χ2v) is 5.81. The molecule has 2 aromatic carbocycles. The third-order valence-corrected chi connectivity index (χ3v) is 3.51. The number of rotatable bonds is 9. The molecule has 6 nitrogen and oxygen atoms in total. The molecule has 0 unspecified atom stereocenters. The van der Waals surface area contributed by atoms with Crippen molar-refractivity contribution >= 4 is 29.1 Å². The first kappa shape index (κ1) is 19.6. The monoisotopic (exact) mass is 376 g/mol. The van der Waals surface area contributed by atoms with Crippen LogP contribution in [0.4, 0.5) is 5.69 Å². The molecule has 0 spiro atoms. The number of ether oxygens (including phenoxy) is 2. The second-order valence-electron chi connectivity index (χ2n) is 5.37. The van der Waals surface area contributed by atoms with Gasteiger partial charge in [0, 0.05) is 17.3 Å². The first-order valence-electron chi connectivity index (χ1n) is 8.24. The Kier molecular flexibility index (Phi) is 7.76. The van der Waals surface area contributed by atoms with E-state index < -0.39 is 0 Å². The number of nitrogens with one attached hydrogen (secondary N) is 2. The van der Waals surface area contributed by atoms with Crippen LogP contribution in [0.25, 0.3) is 0 Å². The molecule has 0 aliphatic rings. The van der Waals surface area contributed by atoms with Crippen LogP contribution in [0.15, 0.2) is 48.5 Å². The Morgan fingerprint density at radius 2 is 1.77 bits per heavy atom. The van der Waals surface area contributed by atoms with Crippen molar-refractivity contribution in [2.45, 2.75) is 13.3 Å². The fourth-order valence-corrected chi connectivity index (χ4v) is 2.25. The van der Waals surface area contributed by atoms with Gasteiger partial charge in [0.15, 0.2) is 6.61 Å². The molecule has 2 aromatic rings. The minimum absolute atomic E-state index is 0.0413. The van der Waals surface area contributed by atoms with Gasteiger partial charge in [-0.25, -0.2) is 0 Å². The molecule has 0 heterocycles. The zero-order valence-electron chi connectivity index (χ0n) is 14.5. The van der Waals surface area contributed by atoms with Gasteiger partial charge < -0.3 is 20.1 Å². The Hall–Kier alpha value is -2.73. The molecule has 138 valence electrons. The predicted molar refractivity (Wildman–Crippen MR) is 101 cm³/mol. The number of hydrogen-bond acceptors (Lipinski definition) is 4. The molecule has 2 rings (SSSR count). The van der Waals surface area contributed by atoms with Crippen LogP contribution in [0, 0.1) is 0 Å². The van der Waals surface area contributed by atoms with Crippen molar-refractivity contribution in [3.8, 4) is 11.5 Å². The van der Waals surface area contributed by atoms with Crippen LogP contribution in [0.2, 0.25) is 5.02 Å². The summed E-state index contributed by atoms with van der Waals surface area (Å²) in [5.41, 5.74) is 0.642. The highest BCUT2D eigenvalue weighted by atomic mass is 35.5. The number of benzene rings is 2. The molecule has 0 bridgehead atoms. The lowest BCUT2D eigenvalue weighted by atomic mass is 10.3. The molecular weight excluding hydrogens is 356 g/mol. The quantitative estimate of drug-likeness (QED) is 0.704. The van der Waals surface area contributed by atoms with Gasteiger partial charge in [-0.15, -0.1) is 0 Å². The average Bonchev–Trinajstić information content (AvgIpc) is 2.61. The van der Waals surface area contributed by atoms with E-state index >= 15 is 0 Å². The molecule has 0 saturated heterocycles. The maximum absolute atomic E-state index is 11.9. The molecule has 0 saturated carbocycles. The number of carbonyl (C=O) groups is 2. The number of likely N-dealkylation sites (N-methyl/N-ethyl adjacent to an activating group) is 1. The van der Waals surface area contributed by atoms with Crippen molar-refractivity contribution in [2.24, 2.45) is 0 Å². The van der Waals surface area contributed by atoms with E-state index in [1.165, 1.54) is 0 Å². The van der Waals surface area contributed by atoms with Gasteiger partial charge in [-0.05, 0) is 49.4 Å². The minimum atomic E-state index is -0.176. The summed E-state index contributed by atoms with van der Waals surface area (Å²) in [6.07, 6.45) is 0.210. The summed E-state index contributed by atoms with van der Waals surface area (Å²) in [5.74, 6) is 0.838. The van der Waals surface area contributed by atoms with E-state index in [1.54, 1.807) is 48.5 Å². The average molecular weight is 377 g/mol. The standard InChI is InChI=1S/C19H21ClN2O4/c1-2-21-19(24)13-26-16-8-6-15(7-9-16)22-18(23)10-11-25-17-5-3-4-14(20)12-17/h3-9,12H,2,10-11,13H2,1H3,(H,21,24)(H,22,23). The Labute approximate surface area is 157 Å². The SMILES string of the molecule is CCNC(=O)COc1ccc(NC(=O)CCOc2cccc(Cl)c2)cc1. The maximum Gasteiger partial charge on any atom is 0.257 e. The van der Waals surface area contributed by atoms with Crippen LogP contribution in [0.1, 0.15) is 13.3 Å². The fraction of sp³-hybridized carbons (Fsp3) is 0.263. The van der Waals surface area contributed by atoms with Gasteiger partial charge in [0.1, 0.15) is 11.5 Å². The number of amides is 2. The highest BCUT2D eigenvalue weighted by Gasteiger charge is 2.05. The molecule has 26 heavy (non-hydrogen) atoms. The summed E-state index contributed by atoms with van der Waals surface area (Å²) in [4.78, 5) is 23.3. The van der Waals surface area contributed by atoms with E-state index in [4.69, 9.17) is 21.1 Å². The fourth-order valence-electron chi connectivity index (χ4n) is 2.07. The van der Waals surface area contributed by atoms with Crippen molar-refractivity contribution in [3.63, 3.8) is 0 Å². The predicted octanol–water partition coefficient (Wildman–Crippen LogP) is 3.26. The Morgan fingerprint density at radius 3 is 2.46 bits per heavy atom. The first-order valence-corrected chi connectivity index (χ1v) is 8.62. The van der Waals surface area contributed by atoms with Crippen molar-refractivity contribution in [1.82, 2.24) is 5.32 Å². The topological polar surface area (TPSA) is 76.7 Å². The van der Waals surface area contributed by atoms with E-state index in [2.05, 4.69) is 10.6 Å². The summed E-state index contributed by atoms with van der Waals surface area (Å²) in [6.45, 7) is 2.61. The van der Waals surface area contributed by atoms with Crippen molar-refractivity contribution in [1.29, 1.82) is 0 Å². The van der Waals surface area contributed by atoms with Gasteiger partial charge in [-0.2, -0.15) is 0 Å². The second kappa shape index (κ2) is 10.3. The van der Waals surface area contributed by atoms with Gasteiger partial charge in [-0.3, -0.25) is 9.59 Å². The first-order chi connectivity index (χ1) is 12.6. The number of halogens is 1. The smallest absolute Gasteiger partial charge is 0.257 e. The van der Waals surface area contributed by atoms with Crippen LogP contribution in [-0.4, -0.2) is 31.6 Å². The van der Waals surface area contributed by atoms with Gasteiger partial charge >= 0.3 is 0 Å². The van der Waals surface area contributed by atoms with Gasteiger partial charge in [-0.1, -0.05) is 17.7 Å². The zero-order valence-corrected chi connectivity index (χ0v) is 15.2. The lowest BCUT2D eigenvalue weighted by Crippen LogP contribution is -2.28. The minimum Gasteiger partial charge on any atom is -0.493 e. The van der Waals surface area contributed by atoms with Crippen molar-refractivity contribution in [2.75, 3.05) is 25.1 Å². The van der Waals surface area contributed by atoms with Crippen LogP contribution in [0.5, 0.6) is 11.5 Å². The summed E-state index contributed by atoms with van der Waals surface area (Å²) < 4.78 is 10.8. The normalized spacial score (nSPS) is 10.1. The molecular formula is C19H21ClN2O4. The highest BCUT2D eigenvalue weighted by Crippen LogP contribution is 2.18. The van der Waals surface area contributed by atoms with Crippen LogP contribution >= 0.6 is 11.6 Å². The van der Waals surface area contributed by atoms with Crippen LogP contribution in [-0.2, 0) is 9.59 Å². The molecule has 2 N–H and O–H groups in total. The molecule has 0 radical (unpaired) electrons. The largest absolute Gasteiger partial charge is 0.493 e. The summed E-state index contributed by atoms with van der Waals surface area (Å²) in [5, 5.41) is 6.00. The molecule has 2 amide bonds. The van der Waals surface area contributed by atoms with Gasteiger partial charge in [0.05, 0.1) is 13.0 Å². The van der Waals surface area contributed by atoms with Gasteiger partial charge in [0.2, 0.25) is 5.91 Å². The highest BCUT2D eigenvalue weighted by molar-refractivity contribution is 6.30. The van der Waals surface area contributed by atoms with Crippen molar-refractivity contribution < 1.29 is 19.1 Å². The van der Waals surface area contributed by atoms with Crippen LogP contribution < -0.4 is 20.1 Å². The maximum atomic E-state index is 11.9. The van der Waals surface area contributed by atoms with E-state index in [0.29, 0.717) is 28.8 Å². The molecule has 0 aromatic heterocycles. The third kappa shape index (κ3) is 7.03. The van der Waals surface area contributed by atoms with Crippen LogP contribution in [0.3, 0.4) is 0 Å².